The summed E-state index contributed by atoms with van der Waals surface area (Å²) < 4.78 is 10.7. The summed E-state index contributed by atoms with van der Waals surface area (Å²) in [5.41, 5.74) is 0.730. The first-order valence-corrected chi connectivity index (χ1v) is 7.20. The Hall–Kier alpha value is -2.73. The average Bonchev–Trinajstić information content (AvgIpc) is 3.04. The summed E-state index contributed by atoms with van der Waals surface area (Å²) in [6.45, 7) is 0.254. The molecule has 0 aliphatic rings. The molecule has 0 spiro atoms. The third kappa shape index (κ3) is 3.54. The van der Waals surface area contributed by atoms with E-state index in [4.69, 9.17) is 21.1 Å². The summed E-state index contributed by atoms with van der Waals surface area (Å²) in [5, 5.41) is 17.2. The third-order valence-electron chi connectivity index (χ3n) is 3.16. The molecular formula is C16H14ClN3O3. The van der Waals surface area contributed by atoms with Gasteiger partial charge in [-0.05, 0) is 42.5 Å². The standard InChI is InChI=1S/C16H14ClN3O3/c1-22-14-8-10(2-7-13(14)21)16-18-15(19-20-16)9-23-12-5-3-11(17)4-6-12/h2-8,21H,9H2,1H3,(H,18,19,20). The van der Waals surface area contributed by atoms with Gasteiger partial charge < -0.3 is 14.6 Å². The highest BCUT2D eigenvalue weighted by Crippen LogP contribution is 2.30. The van der Waals surface area contributed by atoms with Crippen LogP contribution in [0.25, 0.3) is 11.4 Å². The van der Waals surface area contributed by atoms with Crippen molar-refractivity contribution in [3.05, 3.63) is 53.3 Å². The Morgan fingerprint density at radius 2 is 1.96 bits per heavy atom. The molecule has 0 unspecified atom stereocenters. The molecule has 0 fully saturated rings. The lowest BCUT2D eigenvalue weighted by molar-refractivity contribution is 0.296. The molecular weight excluding hydrogens is 318 g/mol. The highest BCUT2D eigenvalue weighted by atomic mass is 35.5. The van der Waals surface area contributed by atoms with Crippen molar-refractivity contribution in [2.24, 2.45) is 0 Å². The predicted molar refractivity (Wildman–Crippen MR) is 85.8 cm³/mol. The highest BCUT2D eigenvalue weighted by Gasteiger charge is 2.10. The van der Waals surface area contributed by atoms with Crippen molar-refractivity contribution in [3.8, 4) is 28.6 Å². The molecule has 1 heterocycles. The van der Waals surface area contributed by atoms with Crippen LogP contribution in [0.1, 0.15) is 5.82 Å². The number of nitrogens with zero attached hydrogens (tertiary/aromatic N) is 2. The lowest BCUT2D eigenvalue weighted by atomic mass is 10.2. The van der Waals surface area contributed by atoms with Crippen LogP contribution in [0, 0.1) is 0 Å². The lowest BCUT2D eigenvalue weighted by Gasteiger charge is -2.04. The molecule has 118 valence electrons. The Morgan fingerprint density at radius 1 is 1.17 bits per heavy atom. The number of rotatable bonds is 5. The van der Waals surface area contributed by atoms with Crippen molar-refractivity contribution in [2.45, 2.75) is 6.61 Å². The maximum atomic E-state index is 9.61. The number of halogens is 1. The van der Waals surface area contributed by atoms with Crippen LogP contribution in [0.3, 0.4) is 0 Å². The summed E-state index contributed by atoms with van der Waals surface area (Å²) in [7, 11) is 1.49. The topological polar surface area (TPSA) is 80.3 Å². The fourth-order valence-corrected chi connectivity index (χ4v) is 2.11. The SMILES string of the molecule is COc1cc(-c2n[nH]c(COc3ccc(Cl)cc3)n2)ccc1O. The minimum absolute atomic E-state index is 0.0677. The largest absolute Gasteiger partial charge is 0.504 e. The molecule has 3 aromatic rings. The van der Waals surface area contributed by atoms with Crippen molar-refractivity contribution in [3.63, 3.8) is 0 Å². The molecule has 0 atom stereocenters. The molecule has 0 aliphatic carbocycles. The molecule has 23 heavy (non-hydrogen) atoms. The van der Waals surface area contributed by atoms with Gasteiger partial charge in [0.15, 0.2) is 23.1 Å². The van der Waals surface area contributed by atoms with E-state index in [1.54, 1.807) is 36.4 Å². The van der Waals surface area contributed by atoms with Crippen molar-refractivity contribution in [2.75, 3.05) is 7.11 Å². The van der Waals surface area contributed by atoms with E-state index in [0.717, 1.165) is 5.56 Å². The maximum Gasteiger partial charge on any atom is 0.181 e. The Labute approximate surface area is 137 Å². The highest BCUT2D eigenvalue weighted by molar-refractivity contribution is 6.30. The zero-order chi connectivity index (χ0) is 16.2. The van der Waals surface area contributed by atoms with Crippen LogP contribution in [0.5, 0.6) is 17.2 Å². The van der Waals surface area contributed by atoms with Crippen molar-refractivity contribution in [1.82, 2.24) is 15.2 Å². The lowest BCUT2D eigenvalue weighted by Crippen LogP contribution is -1.97. The molecule has 2 aromatic carbocycles. The summed E-state index contributed by atoms with van der Waals surface area (Å²) in [5.74, 6) is 2.21. The van der Waals surface area contributed by atoms with Gasteiger partial charge in [-0.2, -0.15) is 5.10 Å². The van der Waals surface area contributed by atoms with Crippen LogP contribution in [0.2, 0.25) is 5.02 Å². The van der Waals surface area contributed by atoms with Gasteiger partial charge in [-0.1, -0.05) is 11.6 Å². The summed E-state index contributed by atoms with van der Waals surface area (Å²) in [6.07, 6.45) is 0. The quantitative estimate of drug-likeness (QED) is 0.748. The maximum absolute atomic E-state index is 9.61. The molecule has 0 amide bonds. The number of aromatic hydroxyl groups is 1. The summed E-state index contributed by atoms with van der Waals surface area (Å²) in [6, 6.07) is 12.0. The van der Waals surface area contributed by atoms with Gasteiger partial charge in [0.05, 0.1) is 7.11 Å². The fraction of sp³-hybridized carbons (Fsp3) is 0.125. The molecule has 6 nitrogen and oxygen atoms in total. The summed E-state index contributed by atoms with van der Waals surface area (Å²) >= 11 is 5.82. The molecule has 0 radical (unpaired) electrons. The van der Waals surface area contributed by atoms with Crippen LogP contribution in [0.15, 0.2) is 42.5 Å². The number of methoxy groups -OCH3 is 1. The second kappa shape index (κ2) is 6.58. The van der Waals surface area contributed by atoms with E-state index in [9.17, 15) is 5.11 Å². The second-order valence-corrected chi connectivity index (χ2v) is 5.17. The number of H-pyrrole nitrogens is 1. The minimum Gasteiger partial charge on any atom is -0.504 e. The van der Waals surface area contributed by atoms with E-state index in [2.05, 4.69) is 15.2 Å². The average molecular weight is 332 g/mol. The van der Waals surface area contributed by atoms with Gasteiger partial charge in [0.1, 0.15) is 12.4 Å². The molecule has 0 bridgehead atoms. The fourth-order valence-electron chi connectivity index (χ4n) is 1.99. The van der Waals surface area contributed by atoms with E-state index in [-0.39, 0.29) is 12.4 Å². The normalized spacial score (nSPS) is 10.5. The zero-order valence-corrected chi connectivity index (χ0v) is 13.0. The van der Waals surface area contributed by atoms with Crippen LogP contribution in [0.4, 0.5) is 0 Å². The van der Waals surface area contributed by atoms with Gasteiger partial charge >= 0.3 is 0 Å². The molecule has 0 saturated carbocycles. The first kappa shape index (κ1) is 15.2. The number of aromatic nitrogens is 3. The van der Waals surface area contributed by atoms with Gasteiger partial charge in [0.25, 0.3) is 0 Å². The number of phenols is 1. The van der Waals surface area contributed by atoms with Gasteiger partial charge in [0, 0.05) is 10.6 Å². The van der Waals surface area contributed by atoms with Gasteiger partial charge in [-0.25, -0.2) is 4.98 Å². The molecule has 0 saturated heterocycles. The van der Waals surface area contributed by atoms with Crippen LogP contribution in [-0.2, 0) is 6.61 Å². The molecule has 3 rings (SSSR count). The molecule has 1 aromatic heterocycles. The number of aromatic amines is 1. The van der Waals surface area contributed by atoms with E-state index < -0.39 is 0 Å². The Balaban J connectivity index is 1.71. The summed E-state index contributed by atoms with van der Waals surface area (Å²) in [4.78, 5) is 4.36. The smallest absolute Gasteiger partial charge is 0.181 e. The molecule has 0 aliphatic heterocycles. The van der Waals surface area contributed by atoms with Crippen molar-refractivity contribution < 1.29 is 14.6 Å². The zero-order valence-electron chi connectivity index (χ0n) is 12.3. The van der Waals surface area contributed by atoms with Crippen LogP contribution >= 0.6 is 11.6 Å². The number of nitrogens with one attached hydrogen (secondary N) is 1. The van der Waals surface area contributed by atoms with E-state index >= 15 is 0 Å². The predicted octanol–water partition coefficient (Wildman–Crippen LogP) is 3.42. The number of hydrogen-bond acceptors (Lipinski definition) is 5. The van der Waals surface area contributed by atoms with Crippen molar-refractivity contribution in [1.29, 1.82) is 0 Å². The minimum atomic E-state index is 0.0677. The van der Waals surface area contributed by atoms with Gasteiger partial charge in [-0.3, -0.25) is 5.10 Å². The number of hydrogen-bond donors (Lipinski definition) is 2. The Kier molecular flexibility index (Phi) is 4.34. The Bertz CT molecular complexity index is 803. The van der Waals surface area contributed by atoms with Crippen LogP contribution in [-0.4, -0.2) is 27.4 Å². The molecule has 2 N–H and O–H groups in total. The second-order valence-electron chi connectivity index (χ2n) is 4.73. The monoisotopic (exact) mass is 331 g/mol. The number of benzene rings is 2. The van der Waals surface area contributed by atoms with Crippen LogP contribution < -0.4 is 9.47 Å². The number of phenolic OH excluding ortho intramolecular Hbond substituents is 1. The van der Waals surface area contributed by atoms with Gasteiger partial charge in [-0.15, -0.1) is 0 Å². The van der Waals surface area contributed by atoms with E-state index in [1.807, 2.05) is 0 Å². The Morgan fingerprint density at radius 3 is 2.70 bits per heavy atom. The first-order chi connectivity index (χ1) is 11.2. The first-order valence-electron chi connectivity index (χ1n) is 6.83. The van der Waals surface area contributed by atoms with E-state index in [1.165, 1.54) is 13.2 Å². The van der Waals surface area contributed by atoms with E-state index in [0.29, 0.717) is 28.2 Å². The third-order valence-corrected chi connectivity index (χ3v) is 3.41. The van der Waals surface area contributed by atoms with Gasteiger partial charge in [0.2, 0.25) is 0 Å². The number of ether oxygens (including phenoxy) is 2. The molecule has 7 heteroatoms. The van der Waals surface area contributed by atoms with Crippen molar-refractivity contribution >= 4 is 11.6 Å².